The van der Waals surface area contributed by atoms with Crippen LogP contribution >= 0.6 is 0 Å². The van der Waals surface area contributed by atoms with E-state index in [2.05, 4.69) is 16.9 Å². The van der Waals surface area contributed by atoms with Crippen LogP contribution in [-0.2, 0) is 0 Å². The minimum Gasteiger partial charge on any atom is -0.306 e. The Balaban J connectivity index is 1.94. The van der Waals surface area contributed by atoms with Crippen LogP contribution in [0.4, 0.5) is 4.39 Å². The molecule has 0 aliphatic carbocycles. The summed E-state index contributed by atoms with van der Waals surface area (Å²) in [6, 6.07) is 10.5. The maximum absolute atomic E-state index is 13.7. The number of likely N-dealkylation sites (tertiary alicyclic amines) is 1. The zero-order valence-electron chi connectivity index (χ0n) is 12.4. The van der Waals surface area contributed by atoms with Crippen molar-refractivity contribution in [2.45, 2.75) is 12.3 Å². The first-order valence-electron chi connectivity index (χ1n) is 7.50. The summed E-state index contributed by atoms with van der Waals surface area (Å²) in [5, 5.41) is 0. The average molecular weight is 296 g/mol. The van der Waals surface area contributed by atoms with Gasteiger partial charge in [0.1, 0.15) is 17.2 Å². The fourth-order valence-corrected chi connectivity index (χ4v) is 3.22. The second kappa shape index (κ2) is 5.18. The maximum atomic E-state index is 13.7. The molecule has 0 bridgehead atoms. The van der Waals surface area contributed by atoms with Crippen molar-refractivity contribution in [2.75, 3.05) is 20.1 Å². The molecule has 112 valence electrons. The van der Waals surface area contributed by atoms with Gasteiger partial charge in [-0.3, -0.25) is 4.57 Å². The van der Waals surface area contributed by atoms with Crippen LogP contribution in [0.25, 0.3) is 16.9 Å². The standard InChI is InChI=1S/C17H17FN4/c1-21-9-7-12(11-21)16-20-15-6-3-8-19-17(15)22(16)14-5-2-4-13(18)10-14/h2-6,8,10,12H,7,9,11H2,1H3. The van der Waals surface area contributed by atoms with Crippen LogP contribution in [0.5, 0.6) is 0 Å². The van der Waals surface area contributed by atoms with E-state index >= 15 is 0 Å². The van der Waals surface area contributed by atoms with Gasteiger partial charge in [0.25, 0.3) is 0 Å². The van der Waals surface area contributed by atoms with Gasteiger partial charge in [0.15, 0.2) is 5.65 Å². The second-order valence-corrected chi connectivity index (χ2v) is 5.88. The highest BCUT2D eigenvalue weighted by Crippen LogP contribution is 2.30. The lowest BCUT2D eigenvalue weighted by Crippen LogP contribution is -2.15. The van der Waals surface area contributed by atoms with Crippen LogP contribution in [0.3, 0.4) is 0 Å². The van der Waals surface area contributed by atoms with Crippen molar-refractivity contribution in [3.05, 3.63) is 54.2 Å². The van der Waals surface area contributed by atoms with Gasteiger partial charge in [-0.1, -0.05) is 6.07 Å². The van der Waals surface area contributed by atoms with Crippen molar-refractivity contribution in [1.29, 1.82) is 0 Å². The maximum Gasteiger partial charge on any atom is 0.164 e. The Bertz CT molecular complexity index is 826. The summed E-state index contributed by atoms with van der Waals surface area (Å²) < 4.78 is 15.7. The van der Waals surface area contributed by atoms with Crippen LogP contribution in [0.1, 0.15) is 18.2 Å². The normalized spacial score (nSPS) is 19.1. The zero-order valence-corrected chi connectivity index (χ0v) is 12.4. The van der Waals surface area contributed by atoms with Crippen LogP contribution in [0.15, 0.2) is 42.6 Å². The van der Waals surface area contributed by atoms with Gasteiger partial charge in [-0.2, -0.15) is 0 Å². The van der Waals surface area contributed by atoms with Crippen molar-refractivity contribution in [2.24, 2.45) is 0 Å². The molecule has 1 aliphatic rings. The molecular formula is C17H17FN4. The molecule has 4 rings (SSSR count). The van der Waals surface area contributed by atoms with Gasteiger partial charge >= 0.3 is 0 Å². The first kappa shape index (κ1) is 13.4. The molecule has 1 unspecified atom stereocenters. The minimum absolute atomic E-state index is 0.246. The number of nitrogens with zero attached hydrogens (tertiary/aromatic N) is 4. The van der Waals surface area contributed by atoms with E-state index in [1.165, 1.54) is 12.1 Å². The van der Waals surface area contributed by atoms with Gasteiger partial charge < -0.3 is 4.90 Å². The smallest absolute Gasteiger partial charge is 0.164 e. The number of likely N-dealkylation sites (N-methyl/N-ethyl adjacent to an activating group) is 1. The molecule has 1 aromatic carbocycles. The van der Waals surface area contributed by atoms with Crippen LogP contribution < -0.4 is 0 Å². The van der Waals surface area contributed by atoms with Crippen molar-refractivity contribution >= 4 is 11.2 Å². The van der Waals surface area contributed by atoms with Gasteiger partial charge in [-0.25, -0.2) is 14.4 Å². The number of pyridine rings is 1. The molecule has 22 heavy (non-hydrogen) atoms. The summed E-state index contributed by atoms with van der Waals surface area (Å²) >= 11 is 0. The number of hydrogen-bond acceptors (Lipinski definition) is 3. The lowest BCUT2D eigenvalue weighted by Gasteiger charge is -2.13. The Hall–Kier alpha value is -2.27. The van der Waals surface area contributed by atoms with Crippen molar-refractivity contribution in [3.8, 4) is 5.69 Å². The fraction of sp³-hybridized carbons (Fsp3) is 0.294. The quantitative estimate of drug-likeness (QED) is 0.729. The fourth-order valence-electron chi connectivity index (χ4n) is 3.22. The summed E-state index contributed by atoms with van der Waals surface area (Å²) in [5.41, 5.74) is 2.43. The van der Waals surface area contributed by atoms with Crippen LogP contribution in [-0.4, -0.2) is 39.6 Å². The van der Waals surface area contributed by atoms with E-state index in [1.54, 1.807) is 12.3 Å². The third-order valence-electron chi connectivity index (χ3n) is 4.26. The number of imidazole rings is 1. The average Bonchev–Trinajstić information content (AvgIpc) is 3.10. The summed E-state index contributed by atoms with van der Waals surface area (Å²) in [5.74, 6) is 1.08. The lowest BCUT2D eigenvalue weighted by molar-refractivity contribution is 0.409. The largest absolute Gasteiger partial charge is 0.306 e. The molecule has 0 spiro atoms. The zero-order chi connectivity index (χ0) is 15.1. The Morgan fingerprint density at radius 3 is 2.91 bits per heavy atom. The van der Waals surface area contributed by atoms with E-state index in [4.69, 9.17) is 4.98 Å². The van der Waals surface area contributed by atoms with Crippen LogP contribution in [0, 0.1) is 5.82 Å². The predicted octanol–water partition coefficient (Wildman–Crippen LogP) is 2.98. The highest BCUT2D eigenvalue weighted by atomic mass is 19.1. The molecule has 2 aromatic heterocycles. The van der Waals surface area contributed by atoms with Gasteiger partial charge in [0.05, 0.1) is 5.69 Å². The first-order valence-corrected chi connectivity index (χ1v) is 7.50. The van der Waals surface area contributed by atoms with Crippen molar-refractivity contribution in [1.82, 2.24) is 19.4 Å². The van der Waals surface area contributed by atoms with E-state index in [0.717, 1.165) is 42.2 Å². The summed E-state index contributed by atoms with van der Waals surface area (Å²) in [6.07, 6.45) is 2.82. The molecular weight excluding hydrogens is 279 g/mol. The molecule has 0 N–H and O–H groups in total. The molecule has 0 radical (unpaired) electrons. The number of rotatable bonds is 2. The monoisotopic (exact) mass is 296 g/mol. The van der Waals surface area contributed by atoms with Crippen LogP contribution in [0.2, 0.25) is 0 Å². The Kier molecular flexibility index (Phi) is 3.15. The molecule has 1 aliphatic heterocycles. The first-order chi connectivity index (χ1) is 10.7. The topological polar surface area (TPSA) is 34.0 Å². The number of fused-ring (bicyclic) bond motifs is 1. The Labute approximate surface area is 128 Å². The molecule has 1 saturated heterocycles. The van der Waals surface area contributed by atoms with Gasteiger partial charge in [-0.15, -0.1) is 0 Å². The predicted molar refractivity (Wildman–Crippen MR) is 83.7 cm³/mol. The third-order valence-corrected chi connectivity index (χ3v) is 4.26. The molecule has 5 heteroatoms. The van der Waals surface area contributed by atoms with E-state index in [0.29, 0.717) is 5.92 Å². The van der Waals surface area contributed by atoms with E-state index in [1.807, 2.05) is 22.8 Å². The molecule has 1 fully saturated rings. The summed E-state index contributed by atoms with van der Waals surface area (Å²) in [6.45, 7) is 2.03. The Morgan fingerprint density at radius 2 is 2.14 bits per heavy atom. The molecule has 0 amide bonds. The van der Waals surface area contributed by atoms with Gasteiger partial charge in [0.2, 0.25) is 0 Å². The summed E-state index contributed by atoms with van der Waals surface area (Å²) in [7, 11) is 2.12. The third kappa shape index (κ3) is 2.18. The molecule has 3 heterocycles. The molecule has 1 atom stereocenters. The van der Waals surface area contributed by atoms with Crippen molar-refractivity contribution in [3.63, 3.8) is 0 Å². The number of halogens is 1. The van der Waals surface area contributed by atoms with Crippen molar-refractivity contribution < 1.29 is 4.39 Å². The number of aromatic nitrogens is 3. The van der Waals surface area contributed by atoms with Gasteiger partial charge in [-0.05, 0) is 50.3 Å². The highest BCUT2D eigenvalue weighted by Gasteiger charge is 2.27. The molecule has 4 nitrogen and oxygen atoms in total. The molecule has 3 aromatic rings. The van der Waals surface area contributed by atoms with E-state index < -0.39 is 0 Å². The van der Waals surface area contributed by atoms with Gasteiger partial charge in [0, 0.05) is 18.7 Å². The number of benzene rings is 1. The van der Waals surface area contributed by atoms with E-state index in [9.17, 15) is 4.39 Å². The lowest BCUT2D eigenvalue weighted by atomic mass is 10.1. The SMILES string of the molecule is CN1CCC(c2nc3cccnc3n2-c2cccc(F)c2)C1. The molecule has 0 saturated carbocycles. The minimum atomic E-state index is -0.246. The number of hydrogen-bond donors (Lipinski definition) is 0. The Morgan fingerprint density at radius 1 is 1.23 bits per heavy atom. The summed E-state index contributed by atoms with van der Waals surface area (Å²) in [4.78, 5) is 11.5. The highest BCUT2D eigenvalue weighted by molar-refractivity contribution is 5.74. The second-order valence-electron chi connectivity index (χ2n) is 5.88. The van der Waals surface area contributed by atoms with E-state index in [-0.39, 0.29) is 5.82 Å².